The molecule has 1 aliphatic rings. The SMILES string of the molecule is Cc1cc(C)cc(OCCOc2ccc([N+](=O)[O-])cc2/C=C2\SC(=S)N(Cc3ccccc3)C2=O)c1. The second-order valence-electron chi connectivity index (χ2n) is 8.25. The highest BCUT2D eigenvalue weighted by Crippen LogP contribution is 2.36. The van der Waals surface area contributed by atoms with E-state index in [1.54, 1.807) is 6.08 Å². The molecule has 3 aromatic rings. The van der Waals surface area contributed by atoms with Gasteiger partial charge in [0.05, 0.1) is 16.4 Å². The molecule has 0 saturated carbocycles. The molecule has 4 rings (SSSR count). The van der Waals surface area contributed by atoms with Crippen LogP contribution in [0, 0.1) is 24.0 Å². The molecule has 1 amide bonds. The molecule has 1 fully saturated rings. The van der Waals surface area contributed by atoms with Crippen molar-refractivity contribution in [3.63, 3.8) is 0 Å². The second-order valence-corrected chi connectivity index (χ2v) is 9.93. The van der Waals surface area contributed by atoms with Gasteiger partial charge in [-0.05, 0) is 54.8 Å². The Bertz CT molecular complexity index is 1320. The quantitative estimate of drug-likeness (QED) is 0.111. The normalized spacial score (nSPS) is 14.4. The van der Waals surface area contributed by atoms with Crippen LogP contribution in [0.25, 0.3) is 6.08 Å². The lowest BCUT2D eigenvalue weighted by atomic mass is 10.1. The van der Waals surface area contributed by atoms with Crippen LogP contribution in [0.1, 0.15) is 22.3 Å². The summed E-state index contributed by atoms with van der Waals surface area (Å²) in [5.41, 5.74) is 3.50. The number of rotatable bonds is 9. The first-order chi connectivity index (χ1) is 17.3. The lowest BCUT2D eigenvalue weighted by Crippen LogP contribution is -2.27. The lowest BCUT2D eigenvalue weighted by Gasteiger charge is -2.14. The van der Waals surface area contributed by atoms with E-state index in [2.05, 4.69) is 6.07 Å². The third-order valence-corrected chi connectivity index (χ3v) is 6.73. The number of aryl methyl sites for hydroxylation is 2. The van der Waals surface area contributed by atoms with Crippen LogP contribution < -0.4 is 9.47 Å². The molecule has 36 heavy (non-hydrogen) atoms. The van der Waals surface area contributed by atoms with Crippen LogP contribution in [0.4, 0.5) is 5.69 Å². The van der Waals surface area contributed by atoms with Crippen molar-refractivity contribution in [3.8, 4) is 11.5 Å². The van der Waals surface area contributed by atoms with Gasteiger partial charge in [0.2, 0.25) is 0 Å². The van der Waals surface area contributed by atoms with Crippen LogP contribution in [-0.4, -0.2) is 33.3 Å². The minimum atomic E-state index is -0.481. The number of carbonyl (C=O) groups excluding carboxylic acids is 1. The molecule has 184 valence electrons. The number of thiocarbonyl (C=S) groups is 1. The highest BCUT2D eigenvalue weighted by molar-refractivity contribution is 8.26. The average Bonchev–Trinajstić information content (AvgIpc) is 3.10. The lowest BCUT2D eigenvalue weighted by molar-refractivity contribution is -0.384. The van der Waals surface area contributed by atoms with E-state index in [4.69, 9.17) is 21.7 Å². The third kappa shape index (κ3) is 6.30. The molecule has 0 aromatic heterocycles. The summed E-state index contributed by atoms with van der Waals surface area (Å²) in [6.45, 7) is 4.88. The second kappa shape index (κ2) is 11.4. The van der Waals surface area contributed by atoms with Crippen LogP contribution in [0.3, 0.4) is 0 Å². The van der Waals surface area contributed by atoms with Gasteiger partial charge in [-0.2, -0.15) is 0 Å². The Balaban J connectivity index is 1.50. The van der Waals surface area contributed by atoms with Crippen LogP contribution in [0.5, 0.6) is 11.5 Å². The zero-order valence-corrected chi connectivity index (χ0v) is 21.4. The smallest absolute Gasteiger partial charge is 0.270 e. The maximum atomic E-state index is 13.1. The molecule has 7 nitrogen and oxygen atoms in total. The van der Waals surface area contributed by atoms with Gasteiger partial charge < -0.3 is 9.47 Å². The highest BCUT2D eigenvalue weighted by atomic mass is 32.2. The summed E-state index contributed by atoms with van der Waals surface area (Å²) in [6.07, 6.45) is 1.59. The summed E-state index contributed by atoms with van der Waals surface area (Å²) in [5.74, 6) is 0.921. The molecule has 0 N–H and O–H groups in total. The number of benzene rings is 3. The summed E-state index contributed by atoms with van der Waals surface area (Å²) in [7, 11) is 0. The van der Waals surface area contributed by atoms with Gasteiger partial charge >= 0.3 is 0 Å². The Labute approximate surface area is 218 Å². The molecule has 1 saturated heterocycles. The molecule has 9 heteroatoms. The van der Waals surface area contributed by atoms with Gasteiger partial charge in [0, 0.05) is 17.7 Å². The van der Waals surface area contributed by atoms with E-state index in [0.717, 1.165) is 22.4 Å². The van der Waals surface area contributed by atoms with Crippen molar-refractivity contribution < 1.29 is 19.2 Å². The number of carbonyl (C=O) groups is 1. The number of nitro groups is 1. The van der Waals surface area contributed by atoms with E-state index in [1.807, 2.05) is 56.3 Å². The summed E-state index contributed by atoms with van der Waals surface area (Å²) in [5, 5.41) is 11.4. The molecule has 0 bridgehead atoms. The predicted octanol–water partition coefficient (Wildman–Crippen LogP) is 6.07. The van der Waals surface area contributed by atoms with Crippen molar-refractivity contribution >= 4 is 46.0 Å². The van der Waals surface area contributed by atoms with Crippen LogP contribution in [0.2, 0.25) is 0 Å². The van der Waals surface area contributed by atoms with Gasteiger partial charge in [-0.15, -0.1) is 0 Å². The molecular weight excluding hydrogens is 496 g/mol. The van der Waals surface area contributed by atoms with Gasteiger partial charge in [-0.3, -0.25) is 19.8 Å². The van der Waals surface area contributed by atoms with E-state index < -0.39 is 4.92 Å². The monoisotopic (exact) mass is 520 g/mol. The van der Waals surface area contributed by atoms with Gasteiger partial charge in [0.25, 0.3) is 11.6 Å². The van der Waals surface area contributed by atoms with Crippen molar-refractivity contribution in [3.05, 3.63) is 104 Å². The maximum absolute atomic E-state index is 13.1. The Kier molecular flexibility index (Phi) is 8.02. The molecule has 1 aliphatic heterocycles. The zero-order chi connectivity index (χ0) is 25.7. The van der Waals surface area contributed by atoms with E-state index in [9.17, 15) is 14.9 Å². The summed E-state index contributed by atoms with van der Waals surface area (Å²) < 4.78 is 12.1. The Morgan fingerprint density at radius 1 is 1.00 bits per heavy atom. The first-order valence-electron chi connectivity index (χ1n) is 11.2. The molecular formula is C27H24N2O5S2. The Hall–Kier alpha value is -3.69. The van der Waals surface area contributed by atoms with Crippen LogP contribution >= 0.6 is 24.0 Å². The van der Waals surface area contributed by atoms with Gasteiger partial charge in [0.1, 0.15) is 29.0 Å². The van der Waals surface area contributed by atoms with Crippen molar-refractivity contribution in [1.82, 2.24) is 4.90 Å². The number of amides is 1. The molecule has 0 radical (unpaired) electrons. The topological polar surface area (TPSA) is 81.9 Å². The number of hydrogen-bond acceptors (Lipinski definition) is 7. The predicted molar refractivity (Wildman–Crippen MR) is 145 cm³/mol. The van der Waals surface area contributed by atoms with E-state index in [0.29, 0.717) is 33.7 Å². The number of nitrogens with zero attached hydrogens (tertiary/aromatic N) is 2. The van der Waals surface area contributed by atoms with E-state index in [1.165, 1.54) is 34.9 Å². The number of hydrogen-bond donors (Lipinski definition) is 0. The maximum Gasteiger partial charge on any atom is 0.270 e. The number of ether oxygens (including phenoxy) is 2. The van der Waals surface area contributed by atoms with Crippen molar-refractivity contribution in [1.29, 1.82) is 0 Å². The van der Waals surface area contributed by atoms with E-state index in [-0.39, 0.29) is 18.2 Å². The van der Waals surface area contributed by atoms with Crippen molar-refractivity contribution in [2.24, 2.45) is 0 Å². The Morgan fingerprint density at radius 3 is 2.39 bits per heavy atom. The number of nitro benzene ring substituents is 1. The summed E-state index contributed by atoms with van der Waals surface area (Å²) >= 11 is 6.60. The molecule has 1 heterocycles. The van der Waals surface area contributed by atoms with E-state index >= 15 is 0 Å². The molecule has 0 spiro atoms. The minimum absolute atomic E-state index is 0.0974. The number of non-ortho nitro benzene ring substituents is 1. The largest absolute Gasteiger partial charge is 0.490 e. The zero-order valence-electron chi connectivity index (χ0n) is 19.8. The first kappa shape index (κ1) is 25.4. The first-order valence-corrected chi connectivity index (χ1v) is 12.4. The molecule has 3 aromatic carbocycles. The summed E-state index contributed by atoms with van der Waals surface area (Å²) in [6, 6.07) is 19.8. The fourth-order valence-corrected chi connectivity index (χ4v) is 5.01. The van der Waals surface area contributed by atoms with Crippen LogP contribution in [-0.2, 0) is 11.3 Å². The Morgan fingerprint density at radius 2 is 1.69 bits per heavy atom. The van der Waals surface area contributed by atoms with Gasteiger partial charge in [-0.25, -0.2) is 0 Å². The highest BCUT2D eigenvalue weighted by Gasteiger charge is 2.32. The van der Waals surface area contributed by atoms with Gasteiger partial charge in [0.15, 0.2) is 0 Å². The van der Waals surface area contributed by atoms with Crippen molar-refractivity contribution in [2.75, 3.05) is 13.2 Å². The van der Waals surface area contributed by atoms with Crippen molar-refractivity contribution in [2.45, 2.75) is 20.4 Å². The van der Waals surface area contributed by atoms with Crippen LogP contribution in [0.15, 0.2) is 71.6 Å². The fourth-order valence-electron chi connectivity index (χ4n) is 3.76. The third-order valence-electron chi connectivity index (χ3n) is 5.35. The number of thioether (sulfide) groups is 1. The van der Waals surface area contributed by atoms with Gasteiger partial charge in [-0.1, -0.05) is 60.4 Å². The molecule has 0 aliphatic carbocycles. The summed E-state index contributed by atoms with van der Waals surface area (Å²) in [4.78, 5) is 25.9. The fraction of sp³-hybridized carbons (Fsp3) is 0.185. The molecule has 0 unspecified atom stereocenters. The minimum Gasteiger partial charge on any atom is -0.490 e. The molecule has 0 atom stereocenters. The standard InChI is InChI=1S/C27H24N2O5S2/c1-18-12-19(2)14-23(13-18)33-10-11-34-24-9-8-22(29(31)32)15-21(24)16-25-26(30)28(27(35)36-25)17-20-6-4-3-5-7-20/h3-9,12-16H,10-11,17H2,1-2H3/b25-16-. The average molecular weight is 521 g/mol.